The first-order valence-corrected chi connectivity index (χ1v) is 5.40. The summed E-state index contributed by atoms with van der Waals surface area (Å²) in [5.74, 6) is -2.35. The zero-order valence-electron chi connectivity index (χ0n) is 10.4. The van der Waals surface area contributed by atoms with Gasteiger partial charge in [-0.1, -0.05) is 0 Å². The summed E-state index contributed by atoms with van der Waals surface area (Å²) in [7, 11) is 4.69. The summed E-state index contributed by atoms with van der Waals surface area (Å²) in [6.07, 6.45) is 0. The number of benzene rings is 1. The lowest BCUT2D eigenvalue weighted by Crippen LogP contribution is -2.45. The summed E-state index contributed by atoms with van der Waals surface area (Å²) in [5, 5.41) is 11.7. The van der Waals surface area contributed by atoms with Gasteiger partial charge in [-0.05, 0) is 39.3 Å². The summed E-state index contributed by atoms with van der Waals surface area (Å²) >= 11 is 0. The summed E-state index contributed by atoms with van der Waals surface area (Å²) in [6, 6.07) is 1.18. The van der Waals surface area contributed by atoms with Gasteiger partial charge in [0.1, 0.15) is 17.7 Å². The number of hydrogen-bond donors (Lipinski definition) is 2. The van der Waals surface area contributed by atoms with Gasteiger partial charge in [-0.15, -0.1) is 0 Å². The Morgan fingerprint density at radius 1 is 1.39 bits per heavy atom. The first-order valence-electron chi connectivity index (χ1n) is 5.40. The van der Waals surface area contributed by atoms with Crippen molar-refractivity contribution in [2.45, 2.75) is 12.1 Å². The maximum absolute atomic E-state index is 13.7. The quantitative estimate of drug-likeness (QED) is 0.834. The molecule has 1 aromatic rings. The zero-order valence-corrected chi connectivity index (χ0v) is 10.4. The van der Waals surface area contributed by atoms with Gasteiger partial charge in [-0.2, -0.15) is 0 Å². The normalized spacial score (nSPS) is 14.6. The lowest BCUT2D eigenvalue weighted by molar-refractivity contribution is -0.141. The Morgan fingerprint density at radius 3 is 2.44 bits per heavy atom. The van der Waals surface area contributed by atoms with Crippen LogP contribution in [-0.4, -0.2) is 43.2 Å². The van der Waals surface area contributed by atoms with Crippen molar-refractivity contribution in [2.75, 3.05) is 21.1 Å². The molecule has 0 fully saturated rings. The number of hydrogen-bond acceptors (Lipinski definition) is 3. The van der Waals surface area contributed by atoms with Crippen LogP contribution in [0.15, 0.2) is 18.2 Å². The summed E-state index contributed by atoms with van der Waals surface area (Å²) < 4.78 is 26.9. The highest BCUT2D eigenvalue weighted by molar-refractivity contribution is 5.74. The highest BCUT2D eigenvalue weighted by Gasteiger charge is 2.31. The van der Waals surface area contributed by atoms with Crippen molar-refractivity contribution in [3.8, 4) is 0 Å². The molecule has 0 radical (unpaired) electrons. The lowest BCUT2D eigenvalue weighted by atomic mass is 9.97. The molecule has 18 heavy (non-hydrogen) atoms. The molecular weight excluding hydrogens is 242 g/mol. The first kappa shape index (κ1) is 14.5. The average molecular weight is 258 g/mol. The number of aliphatic carboxylic acids is 1. The topological polar surface area (TPSA) is 52.6 Å². The molecule has 1 rings (SSSR count). The highest BCUT2D eigenvalue weighted by Crippen LogP contribution is 2.25. The van der Waals surface area contributed by atoms with Crippen LogP contribution in [0.25, 0.3) is 0 Å². The summed E-state index contributed by atoms with van der Waals surface area (Å²) in [5.41, 5.74) is 0.0155. The molecule has 0 amide bonds. The lowest BCUT2D eigenvalue weighted by Gasteiger charge is -2.30. The number of carboxylic acids is 1. The van der Waals surface area contributed by atoms with Crippen LogP contribution in [0.3, 0.4) is 0 Å². The molecule has 0 aromatic heterocycles. The maximum atomic E-state index is 13.7. The minimum Gasteiger partial charge on any atom is -0.480 e. The van der Waals surface area contributed by atoms with Gasteiger partial charge in [0.2, 0.25) is 0 Å². The maximum Gasteiger partial charge on any atom is 0.322 e. The number of likely N-dealkylation sites (N-methyl/N-ethyl adjacent to an activating group) is 2. The Bertz CT molecular complexity index is 438. The molecule has 0 aliphatic rings. The number of carbonyl (C=O) groups is 1. The van der Waals surface area contributed by atoms with Gasteiger partial charge in [0.15, 0.2) is 0 Å². The van der Waals surface area contributed by atoms with E-state index in [-0.39, 0.29) is 5.56 Å². The number of rotatable bonds is 5. The largest absolute Gasteiger partial charge is 0.480 e. The third kappa shape index (κ3) is 3.02. The molecule has 0 aliphatic carbocycles. The second kappa shape index (κ2) is 5.88. The third-order valence-electron chi connectivity index (χ3n) is 2.73. The van der Waals surface area contributed by atoms with Crippen LogP contribution in [0.1, 0.15) is 11.6 Å². The molecule has 0 saturated carbocycles. The van der Waals surface area contributed by atoms with Crippen LogP contribution in [0, 0.1) is 11.6 Å². The standard InChI is InChI=1S/C12H16F2N2O2/c1-15-10(12(17)18)11(16(2)3)8-6-7(13)4-5-9(8)14/h4-6,10-11,15H,1-3H3,(H,17,18). The van der Waals surface area contributed by atoms with E-state index in [2.05, 4.69) is 5.32 Å². The zero-order chi connectivity index (χ0) is 13.9. The highest BCUT2D eigenvalue weighted by atomic mass is 19.1. The third-order valence-corrected chi connectivity index (χ3v) is 2.73. The summed E-state index contributed by atoms with van der Waals surface area (Å²) in [6.45, 7) is 0. The van der Waals surface area contributed by atoms with Crippen molar-refractivity contribution in [3.63, 3.8) is 0 Å². The molecule has 2 N–H and O–H groups in total. The second-order valence-corrected chi connectivity index (χ2v) is 4.18. The van der Waals surface area contributed by atoms with E-state index in [1.165, 1.54) is 11.9 Å². The van der Waals surface area contributed by atoms with Gasteiger partial charge in [0, 0.05) is 5.56 Å². The van der Waals surface area contributed by atoms with E-state index in [0.29, 0.717) is 0 Å². The Balaban J connectivity index is 3.27. The Hall–Kier alpha value is -1.53. The molecule has 0 bridgehead atoms. The Kier molecular flexibility index (Phi) is 4.75. The van der Waals surface area contributed by atoms with Crippen molar-refractivity contribution in [2.24, 2.45) is 0 Å². The molecule has 100 valence electrons. The van der Waals surface area contributed by atoms with Crippen LogP contribution in [0.4, 0.5) is 8.78 Å². The van der Waals surface area contributed by atoms with Gasteiger partial charge in [-0.3, -0.25) is 4.79 Å². The number of nitrogens with zero attached hydrogens (tertiary/aromatic N) is 1. The van der Waals surface area contributed by atoms with Crippen molar-refractivity contribution in [1.82, 2.24) is 10.2 Å². The molecule has 0 spiro atoms. The molecule has 2 atom stereocenters. The molecule has 0 aliphatic heterocycles. The molecular formula is C12H16F2N2O2. The van der Waals surface area contributed by atoms with Crippen LogP contribution in [0.2, 0.25) is 0 Å². The number of halogens is 2. The first-order chi connectivity index (χ1) is 8.38. The van der Waals surface area contributed by atoms with Gasteiger partial charge in [0.05, 0.1) is 6.04 Å². The van der Waals surface area contributed by atoms with Gasteiger partial charge < -0.3 is 15.3 Å². The van der Waals surface area contributed by atoms with E-state index in [9.17, 15) is 13.6 Å². The number of nitrogens with one attached hydrogen (secondary N) is 1. The van der Waals surface area contributed by atoms with Crippen LogP contribution in [0.5, 0.6) is 0 Å². The minimum atomic E-state index is -1.13. The van der Waals surface area contributed by atoms with E-state index in [1.807, 2.05) is 0 Å². The monoisotopic (exact) mass is 258 g/mol. The van der Waals surface area contributed by atoms with Gasteiger partial charge >= 0.3 is 5.97 Å². The summed E-state index contributed by atoms with van der Waals surface area (Å²) in [4.78, 5) is 12.7. The van der Waals surface area contributed by atoms with Crippen molar-refractivity contribution < 1.29 is 18.7 Å². The Labute approximate surface area is 104 Å². The predicted molar refractivity (Wildman–Crippen MR) is 63.3 cm³/mol. The van der Waals surface area contributed by atoms with Crippen molar-refractivity contribution in [1.29, 1.82) is 0 Å². The smallest absolute Gasteiger partial charge is 0.322 e. The van der Waals surface area contributed by atoms with E-state index >= 15 is 0 Å². The molecule has 4 nitrogen and oxygen atoms in total. The van der Waals surface area contributed by atoms with Crippen LogP contribution >= 0.6 is 0 Å². The SMILES string of the molecule is CNC(C(=O)O)C(c1cc(F)ccc1F)N(C)C. The number of carboxylic acid groups (broad SMARTS) is 1. The minimum absolute atomic E-state index is 0.0155. The van der Waals surface area contributed by atoms with E-state index in [0.717, 1.165) is 18.2 Å². The molecule has 2 unspecified atom stereocenters. The average Bonchev–Trinajstić information content (AvgIpc) is 2.28. The second-order valence-electron chi connectivity index (χ2n) is 4.18. The molecule has 1 aromatic carbocycles. The van der Waals surface area contributed by atoms with E-state index in [1.54, 1.807) is 14.1 Å². The molecule has 0 heterocycles. The van der Waals surface area contributed by atoms with Gasteiger partial charge in [-0.25, -0.2) is 8.78 Å². The molecule has 0 saturated heterocycles. The van der Waals surface area contributed by atoms with E-state index < -0.39 is 29.7 Å². The molecule has 6 heteroatoms. The van der Waals surface area contributed by atoms with Crippen LogP contribution < -0.4 is 5.32 Å². The van der Waals surface area contributed by atoms with Crippen molar-refractivity contribution >= 4 is 5.97 Å². The fraction of sp³-hybridized carbons (Fsp3) is 0.417. The van der Waals surface area contributed by atoms with Crippen molar-refractivity contribution in [3.05, 3.63) is 35.4 Å². The Morgan fingerprint density at radius 2 is 2.00 bits per heavy atom. The van der Waals surface area contributed by atoms with Crippen LogP contribution in [-0.2, 0) is 4.79 Å². The predicted octanol–water partition coefficient (Wildman–Crippen LogP) is 1.24. The van der Waals surface area contributed by atoms with Gasteiger partial charge in [0.25, 0.3) is 0 Å². The fourth-order valence-corrected chi connectivity index (χ4v) is 1.91. The van der Waals surface area contributed by atoms with E-state index in [4.69, 9.17) is 5.11 Å². The fourth-order valence-electron chi connectivity index (χ4n) is 1.91.